The van der Waals surface area contributed by atoms with E-state index in [1.165, 1.54) is 7.05 Å². The van der Waals surface area contributed by atoms with Crippen LogP contribution in [-0.2, 0) is 11.8 Å². The SMILES string of the molecule is CNC(=O)c1nnc(N2CCN(CC3CCCO3)C2=O)cc1Nc1cccc(-c2ncn(C)n2)c1OC. The Balaban J connectivity index is 1.46. The van der Waals surface area contributed by atoms with Gasteiger partial charge in [-0.25, -0.2) is 9.78 Å². The van der Waals surface area contributed by atoms with Crippen molar-refractivity contribution in [1.29, 1.82) is 0 Å². The van der Waals surface area contributed by atoms with Crippen LogP contribution in [0.3, 0.4) is 0 Å². The van der Waals surface area contributed by atoms with Crippen LogP contribution in [0.25, 0.3) is 11.4 Å². The van der Waals surface area contributed by atoms with Gasteiger partial charge in [0.15, 0.2) is 23.1 Å². The highest BCUT2D eigenvalue weighted by Crippen LogP contribution is 2.37. The van der Waals surface area contributed by atoms with E-state index >= 15 is 0 Å². The molecule has 1 atom stereocenters. The number of rotatable bonds is 8. The minimum Gasteiger partial charge on any atom is -0.494 e. The molecule has 0 radical (unpaired) electrons. The Morgan fingerprint density at radius 3 is 2.81 bits per heavy atom. The predicted octanol–water partition coefficient (Wildman–Crippen LogP) is 1.80. The van der Waals surface area contributed by atoms with Gasteiger partial charge in [0, 0.05) is 46.4 Å². The van der Waals surface area contributed by atoms with Crippen LogP contribution in [0.1, 0.15) is 23.3 Å². The highest BCUT2D eigenvalue weighted by molar-refractivity contribution is 6.00. The average Bonchev–Trinajstić information content (AvgIpc) is 3.66. The predicted molar refractivity (Wildman–Crippen MR) is 135 cm³/mol. The number of carbonyl (C=O) groups excluding carboxylic acids is 2. The van der Waals surface area contributed by atoms with Crippen molar-refractivity contribution in [3.05, 3.63) is 36.3 Å². The Kier molecular flexibility index (Phi) is 6.86. The Morgan fingerprint density at radius 1 is 1.24 bits per heavy atom. The average molecular weight is 508 g/mol. The van der Waals surface area contributed by atoms with Crippen LogP contribution in [0.5, 0.6) is 5.75 Å². The largest absolute Gasteiger partial charge is 0.494 e. The number of para-hydroxylation sites is 1. The number of aromatic nitrogens is 5. The summed E-state index contributed by atoms with van der Waals surface area (Å²) in [6.45, 7) is 2.31. The molecule has 3 aromatic rings. The van der Waals surface area contributed by atoms with E-state index in [0.29, 0.717) is 54.0 Å². The van der Waals surface area contributed by atoms with Crippen molar-refractivity contribution in [1.82, 2.24) is 35.2 Å². The Hall–Kier alpha value is -4.26. The fraction of sp³-hybridized carbons (Fsp3) is 0.417. The first-order valence-corrected chi connectivity index (χ1v) is 12.1. The molecule has 2 aliphatic heterocycles. The molecule has 3 amide bonds. The van der Waals surface area contributed by atoms with Gasteiger partial charge in [-0.15, -0.1) is 10.2 Å². The first kappa shape index (κ1) is 24.4. The van der Waals surface area contributed by atoms with Crippen LogP contribution in [0, 0.1) is 0 Å². The quantitative estimate of drug-likeness (QED) is 0.467. The summed E-state index contributed by atoms with van der Waals surface area (Å²) in [4.78, 5) is 33.4. The van der Waals surface area contributed by atoms with Crippen molar-refractivity contribution in [2.24, 2.45) is 7.05 Å². The van der Waals surface area contributed by atoms with Crippen LogP contribution in [0.15, 0.2) is 30.6 Å². The molecule has 0 bridgehead atoms. The fourth-order valence-electron chi connectivity index (χ4n) is 4.53. The van der Waals surface area contributed by atoms with E-state index in [2.05, 4.69) is 30.9 Å². The van der Waals surface area contributed by atoms with E-state index in [4.69, 9.17) is 9.47 Å². The number of aryl methyl sites for hydroxylation is 1. The highest BCUT2D eigenvalue weighted by atomic mass is 16.5. The summed E-state index contributed by atoms with van der Waals surface area (Å²) in [7, 11) is 4.85. The van der Waals surface area contributed by atoms with Crippen LogP contribution >= 0.6 is 0 Å². The molecule has 2 N–H and O–H groups in total. The third kappa shape index (κ3) is 4.89. The lowest BCUT2D eigenvalue weighted by molar-refractivity contribution is 0.0873. The normalized spacial score (nSPS) is 17.4. The molecule has 13 nitrogen and oxygen atoms in total. The standard InChI is InChI=1S/C24H29N9O4/c1-25-23(34)20-18(27-17-8-4-7-16(21(17)36-3)22-26-14-31(2)30-22)12-19(28-29-20)33-10-9-32(24(33)35)13-15-6-5-11-37-15/h4,7-8,12,14-15H,5-6,9-11,13H2,1-3H3,(H,25,34)(H,27,28). The van der Waals surface area contributed by atoms with Gasteiger partial charge in [-0.3, -0.25) is 14.4 Å². The Bertz CT molecular complexity index is 1310. The van der Waals surface area contributed by atoms with Crippen molar-refractivity contribution in [3.8, 4) is 17.1 Å². The second-order valence-electron chi connectivity index (χ2n) is 8.81. The molecule has 1 aromatic carbocycles. The smallest absolute Gasteiger partial charge is 0.325 e. The molecule has 0 spiro atoms. The molecule has 0 saturated carbocycles. The number of urea groups is 1. The second kappa shape index (κ2) is 10.4. The number of hydrogen-bond acceptors (Lipinski definition) is 9. The van der Waals surface area contributed by atoms with Crippen LogP contribution in [-0.4, -0.2) is 88.3 Å². The van der Waals surface area contributed by atoms with E-state index in [9.17, 15) is 9.59 Å². The molecule has 2 aliphatic rings. The first-order valence-electron chi connectivity index (χ1n) is 12.1. The summed E-state index contributed by atoms with van der Waals surface area (Å²) in [5.41, 5.74) is 1.71. The summed E-state index contributed by atoms with van der Waals surface area (Å²) < 4.78 is 13.0. The number of amides is 3. The molecular weight excluding hydrogens is 478 g/mol. The lowest BCUT2D eigenvalue weighted by Gasteiger charge is -2.21. The highest BCUT2D eigenvalue weighted by Gasteiger charge is 2.34. The first-order chi connectivity index (χ1) is 18.0. The topological polar surface area (TPSA) is 140 Å². The molecule has 2 fully saturated rings. The van der Waals surface area contributed by atoms with E-state index in [1.54, 1.807) is 41.0 Å². The maximum absolute atomic E-state index is 13.1. The minimum atomic E-state index is -0.421. The number of nitrogens with one attached hydrogen (secondary N) is 2. The van der Waals surface area contributed by atoms with Crippen molar-refractivity contribution in [2.45, 2.75) is 18.9 Å². The van der Waals surface area contributed by atoms with Crippen molar-refractivity contribution in [2.75, 3.05) is 50.6 Å². The number of carbonyl (C=O) groups is 2. The number of ether oxygens (including phenoxy) is 2. The van der Waals surface area contributed by atoms with E-state index < -0.39 is 5.91 Å². The lowest BCUT2D eigenvalue weighted by atomic mass is 10.1. The molecule has 194 valence electrons. The fourth-order valence-corrected chi connectivity index (χ4v) is 4.53. The second-order valence-corrected chi connectivity index (χ2v) is 8.81. The molecule has 4 heterocycles. The molecule has 2 aromatic heterocycles. The van der Waals surface area contributed by atoms with Crippen LogP contribution in [0.4, 0.5) is 22.0 Å². The van der Waals surface area contributed by atoms with Gasteiger partial charge >= 0.3 is 6.03 Å². The molecule has 37 heavy (non-hydrogen) atoms. The number of nitrogens with zero attached hydrogens (tertiary/aromatic N) is 7. The summed E-state index contributed by atoms with van der Waals surface area (Å²) in [5, 5.41) is 18.6. The number of benzene rings is 1. The third-order valence-electron chi connectivity index (χ3n) is 6.37. The maximum atomic E-state index is 13.1. The van der Waals surface area contributed by atoms with Crippen LogP contribution in [0.2, 0.25) is 0 Å². The minimum absolute atomic E-state index is 0.0659. The number of anilines is 3. The monoisotopic (exact) mass is 507 g/mol. The zero-order valence-corrected chi connectivity index (χ0v) is 21.0. The molecule has 0 aliphatic carbocycles. The molecular formula is C24H29N9O4. The van der Waals surface area contributed by atoms with Crippen LogP contribution < -0.4 is 20.3 Å². The van der Waals surface area contributed by atoms with Gasteiger partial charge in [0.05, 0.1) is 30.2 Å². The number of hydrogen-bond donors (Lipinski definition) is 2. The Labute approximate surface area is 213 Å². The van der Waals surface area contributed by atoms with Crippen molar-refractivity contribution >= 4 is 29.1 Å². The van der Waals surface area contributed by atoms with E-state index in [-0.39, 0.29) is 17.8 Å². The van der Waals surface area contributed by atoms with Crippen molar-refractivity contribution in [3.63, 3.8) is 0 Å². The maximum Gasteiger partial charge on any atom is 0.325 e. The molecule has 1 unspecified atom stereocenters. The van der Waals surface area contributed by atoms with Gasteiger partial charge in [0.1, 0.15) is 6.33 Å². The molecule has 2 saturated heterocycles. The number of methoxy groups -OCH3 is 1. The summed E-state index contributed by atoms with van der Waals surface area (Å²) in [6, 6.07) is 6.98. The van der Waals surface area contributed by atoms with Gasteiger partial charge in [-0.2, -0.15) is 5.10 Å². The zero-order chi connectivity index (χ0) is 25.9. The van der Waals surface area contributed by atoms with Gasteiger partial charge in [-0.05, 0) is 25.0 Å². The molecule has 13 heteroatoms. The van der Waals surface area contributed by atoms with Crippen molar-refractivity contribution < 1.29 is 19.1 Å². The van der Waals surface area contributed by atoms with E-state index in [0.717, 1.165) is 19.4 Å². The zero-order valence-electron chi connectivity index (χ0n) is 21.0. The van der Waals surface area contributed by atoms with E-state index in [1.807, 2.05) is 18.2 Å². The summed E-state index contributed by atoms with van der Waals surface area (Å²) >= 11 is 0. The van der Waals surface area contributed by atoms with Gasteiger partial charge in [-0.1, -0.05) is 6.07 Å². The van der Waals surface area contributed by atoms with Gasteiger partial charge in [0.2, 0.25) is 0 Å². The molecule has 5 rings (SSSR count). The summed E-state index contributed by atoms with van der Waals surface area (Å²) in [5.74, 6) is 0.916. The third-order valence-corrected chi connectivity index (χ3v) is 6.37. The lowest BCUT2D eigenvalue weighted by Crippen LogP contribution is -2.37. The van der Waals surface area contributed by atoms with Gasteiger partial charge < -0.3 is 25.0 Å². The van der Waals surface area contributed by atoms with Gasteiger partial charge in [0.25, 0.3) is 5.91 Å². The summed E-state index contributed by atoms with van der Waals surface area (Å²) in [6.07, 6.45) is 3.63. The Morgan fingerprint density at radius 2 is 2.11 bits per heavy atom.